The summed E-state index contributed by atoms with van der Waals surface area (Å²) in [5.74, 6) is -0.862. The molecule has 154 valence electrons. The minimum atomic E-state index is -1.13. The van der Waals surface area contributed by atoms with Crippen molar-refractivity contribution in [1.82, 2.24) is 0 Å². The zero-order chi connectivity index (χ0) is 19.7. The first-order valence-electron chi connectivity index (χ1n) is 10.8. The van der Waals surface area contributed by atoms with Gasteiger partial charge in [0.05, 0.1) is 6.61 Å². The van der Waals surface area contributed by atoms with Gasteiger partial charge in [-0.25, -0.2) is 4.79 Å². The number of hydrogen-bond acceptors (Lipinski definition) is 3. The largest absolute Gasteiger partial charge is 0.507 e. The smallest absolute Gasteiger partial charge is 0.339 e. The Hall–Kier alpha value is -1.71. The topological polar surface area (TPSA) is 66.8 Å². The van der Waals surface area contributed by atoms with Crippen LogP contribution in [0.15, 0.2) is 18.2 Å². The number of carboxylic acid groups (broad SMARTS) is 1. The molecule has 2 N–H and O–H groups in total. The highest BCUT2D eigenvalue weighted by molar-refractivity contribution is 5.90. The van der Waals surface area contributed by atoms with E-state index >= 15 is 0 Å². The average molecular weight is 379 g/mol. The van der Waals surface area contributed by atoms with Gasteiger partial charge in [0, 0.05) is 6.07 Å². The van der Waals surface area contributed by atoms with Gasteiger partial charge in [-0.2, -0.15) is 0 Å². The Labute approximate surface area is 164 Å². The summed E-state index contributed by atoms with van der Waals surface area (Å²) in [5, 5.41) is 18.5. The maximum atomic E-state index is 10.8. The fourth-order valence-corrected chi connectivity index (χ4v) is 3.27. The van der Waals surface area contributed by atoms with Gasteiger partial charge in [0.2, 0.25) is 0 Å². The van der Waals surface area contributed by atoms with Gasteiger partial charge in [-0.15, -0.1) is 0 Å². The molecule has 0 unspecified atom stereocenters. The lowest BCUT2D eigenvalue weighted by atomic mass is 10.0. The van der Waals surface area contributed by atoms with Gasteiger partial charge in [0.25, 0.3) is 0 Å². The molecular weight excluding hydrogens is 340 g/mol. The quantitative estimate of drug-likeness (QED) is 0.288. The molecule has 0 spiro atoms. The van der Waals surface area contributed by atoms with Crippen LogP contribution < -0.4 is 4.74 Å². The van der Waals surface area contributed by atoms with E-state index in [-0.39, 0.29) is 11.3 Å². The first-order chi connectivity index (χ1) is 13.1. The minimum Gasteiger partial charge on any atom is -0.507 e. The molecule has 0 saturated carbocycles. The van der Waals surface area contributed by atoms with E-state index in [2.05, 4.69) is 6.92 Å². The highest BCUT2D eigenvalue weighted by atomic mass is 16.5. The van der Waals surface area contributed by atoms with E-state index in [1.54, 1.807) is 6.07 Å². The van der Waals surface area contributed by atoms with E-state index in [0.717, 1.165) is 12.8 Å². The molecule has 1 rings (SSSR count). The van der Waals surface area contributed by atoms with E-state index in [1.807, 2.05) is 0 Å². The highest BCUT2D eigenvalue weighted by Gasteiger charge is 2.09. The first kappa shape index (κ1) is 23.3. The zero-order valence-electron chi connectivity index (χ0n) is 17.0. The summed E-state index contributed by atoms with van der Waals surface area (Å²) in [6.07, 6.45) is 18.5. The number of hydrogen-bond donors (Lipinski definition) is 2. The second-order valence-corrected chi connectivity index (χ2v) is 7.43. The summed E-state index contributed by atoms with van der Waals surface area (Å²) in [7, 11) is 0. The summed E-state index contributed by atoms with van der Waals surface area (Å²) >= 11 is 0. The van der Waals surface area contributed by atoms with Crippen molar-refractivity contribution in [3.63, 3.8) is 0 Å². The van der Waals surface area contributed by atoms with E-state index in [9.17, 15) is 9.90 Å². The molecule has 0 aliphatic rings. The molecule has 1 aromatic carbocycles. The van der Waals surface area contributed by atoms with Gasteiger partial charge in [-0.3, -0.25) is 0 Å². The Kier molecular flexibility index (Phi) is 13.3. The van der Waals surface area contributed by atoms with Crippen LogP contribution >= 0.6 is 0 Å². The van der Waals surface area contributed by atoms with Crippen molar-refractivity contribution >= 4 is 5.97 Å². The van der Waals surface area contributed by atoms with E-state index in [0.29, 0.717) is 12.4 Å². The third kappa shape index (κ3) is 11.6. The number of carbonyl (C=O) groups is 1. The Morgan fingerprint density at radius 1 is 0.815 bits per heavy atom. The van der Waals surface area contributed by atoms with Crippen LogP contribution in [-0.2, 0) is 0 Å². The fraction of sp³-hybridized carbons (Fsp3) is 0.696. The van der Waals surface area contributed by atoms with Crippen LogP contribution in [-0.4, -0.2) is 22.8 Å². The highest BCUT2D eigenvalue weighted by Crippen LogP contribution is 2.23. The van der Waals surface area contributed by atoms with Crippen molar-refractivity contribution < 1.29 is 19.7 Å². The Morgan fingerprint density at radius 3 is 1.74 bits per heavy atom. The molecule has 0 fully saturated rings. The van der Waals surface area contributed by atoms with Gasteiger partial charge >= 0.3 is 5.97 Å². The number of aromatic hydroxyl groups is 1. The fourth-order valence-electron chi connectivity index (χ4n) is 3.27. The standard InChI is InChI=1S/C23H38O4/c1-2-3-4-5-6-7-8-9-10-11-12-13-14-15-18-27-20-16-17-21(23(25)26)22(24)19-20/h16-17,19,24H,2-15,18H2,1H3,(H,25,26). The summed E-state index contributed by atoms with van der Waals surface area (Å²) < 4.78 is 5.58. The van der Waals surface area contributed by atoms with Gasteiger partial charge < -0.3 is 14.9 Å². The van der Waals surface area contributed by atoms with Crippen LogP contribution in [0, 0.1) is 0 Å². The van der Waals surface area contributed by atoms with E-state index < -0.39 is 5.97 Å². The van der Waals surface area contributed by atoms with E-state index in [1.165, 1.54) is 89.2 Å². The van der Waals surface area contributed by atoms with E-state index in [4.69, 9.17) is 9.84 Å². The summed E-state index contributed by atoms with van der Waals surface area (Å²) in [6, 6.07) is 4.33. The van der Waals surface area contributed by atoms with Crippen molar-refractivity contribution in [3.8, 4) is 11.5 Å². The van der Waals surface area contributed by atoms with Crippen molar-refractivity contribution in [2.45, 2.75) is 96.8 Å². The van der Waals surface area contributed by atoms with Crippen LogP contribution in [0.1, 0.15) is 107 Å². The Balaban J connectivity index is 1.89. The predicted molar refractivity (Wildman–Crippen MR) is 111 cm³/mol. The third-order valence-corrected chi connectivity index (χ3v) is 4.97. The van der Waals surface area contributed by atoms with Crippen molar-refractivity contribution in [2.75, 3.05) is 6.61 Å². The number of aromatic carboxylic acids is 1. The Morgan fingerprint density at radius 2 is 1.30 bits per heavy atom. The summed E-state index contributed by atoms with van der Waals surface area (Å²) in [4.78, 5) is 10.8. The molecule has 0 aliphatic heterocycles. The van der Waals surface area contributed by atoms with Crippen molar-refractivity contribution in [3.05, 3.63) is 23.8 Å². The van der Waals surface area contributed by atoms with Crippen LogP contribution in [0.5, 0.6) is 11.5 Å². The second-order valence-electron chi connectivity index (χ2n) is 7.43. The van der Waals surface area contributed by atoms with Gasteiger partial charge in [-0.05, 0) is 18.6 Å². The number of phenols is 1. The monoisotopic (exact) mass is 378 g/mol. The molecule has 4 nitrogen and oxygen atoms in total. The predicted octanol–water partition coefficient (Wildman–Crippen LogP) is 6.95. The van der Waals surface area contributed by atoms with Gasteiger partial charge in [0.15, 0.2) is 0 Å². The molecule has 27 heavy (non-hydrogen) atoms. The van der Waals surface area contributed by atoms with Gasteiger partial charge in [0.1, 0.15) is 17.1 Å². The number of benzene rings is 1. The van der Waals surface area contributed by atoms with Gasteiger partial charge in [-0.1, -0.05) is 90.4 Å². The van der Waals surface area contributed by atoms with Crippen molar-refractivity contribution in [1.29, 1.82) is 0 Å². The SMILES string of the molecule is CCCCCCCCCCCCCCCCOc1ccc(C(=O)O)c(O)c1. The second kappa shape index (κ2) is 15.4. The minimum absolute atomic E-state index is 0.0983. The number of unbranched alkanes of at least 4 members (excludes halogenated alkanes) is 13. The van der Waals surface area contributed by atoms with Crippen LogP contribution in [0.4, 0.5) is 0 Å². The Bertz CT molecular complexity index is 513. The number of rotatable bonds is 17. The molecule has 0 aromatic heterocycles. The molecule has 0 aliphatic carbocycles. The molecule has 0 heterocycles. The molecular formula is C23H38O4. The lowest BCUT2D eigenvalue weighted by Crippen LogP contribution is -2.00. The first-order valence-corrected chi connectivity index (χ1v) is 10.8. The maximum Gasteiger partial charge on any atom is 0.339 e. The van der Waals surface area contributed by atoms with Crippen molar-refractivity contribution in [2.24, 2.45) is 0 Å². The van der Waals surface area contributed by atoms with Crippen LogP contribution in [0.25, 0.3) is 0 Å². The third-order valence-electron chi connectivity index (χ3n) is 4.97. The summed E-state index contributed by atoms with van der Waals surface area (Å²) in [6.45, 7) is 2.87. The van der Waals surface area contributed by atoms with Crippen LogP contribution in [0.2, 0.25) is 0 Å². The lowest BCUT2D eigenvalue weighted by molar-refractivity contribution is 0.0693. The molecule has 4 heteroatoms. The molecule has 0 radical (unpaired) electrons. The molecule has 0 atom stereocenters. The zero-order valence-corrected chi connectivity index (χ0v) is 17.0. The lowest BCUT2D eigenvalue weighted by Gasteiger charge is -2.08. The molecule has 1 aromatic rings. The maximum absolute atomic E-state index is 10.8. The number of carboxylic acids is 1. The normalized spacial score (nSPS) is 10.9. The molecule has 0 bridgehead atoms. The summed E-state index contributed by atoms with van der Waals surface area (Å²) in [5.41, 5.74) is -0.0983. The molecule has 0 amide bonds. The number of ether oxygens (including phenoxy) is 1. The van der Waals surface area contributed by atoms with Crippen LogP contribution in [0.3, 0.4) is 0 Å². The molecule has 0 saturated heterocycles. The average Bonchev–Trinajstić information content (AvgIpc) is 2.64.